The summed E-state index contributed by atoms with van der Waals surface area (Å²) in [6.07, 6.45) is 1.85. The lowest BCUT2D eigenvalue weighted by atomic mass is 10.1. The van der Waals surface area contributed by atoms with E-state index in [1.807, 2.05) is 60.7 Å². The van der Waals surface area contributed by atoms with Crippen molar-refractivity contribution in [2.75, 3.05) is 0 Å². The predicted molar refractivity (Wildman–Crippen MR) is 122 cm³/mol. The van der Waals surface area contributed by atoms with E-state index in [4.69, 9.17) is 0 Å². The zero-order chi connectivity index (χ0) is 21.6. The van der Waals surface area contributed by atoms with Gasteiger partial charge in [0.1, 0.15) is 5.75 Å². The Labute approximate surface area is 183 Å². The molecular formula is C24H19N3O3S. The number of hydrogen-bond donors (Lipinski definition) is 2. The number of rotatable bonds is 5. The van der Waals surface area contributed by atoms with Gasteiger partial charge in [-0.2, -0.15) is 5.01 Å². The van der Waals surface area contributed by atoms with Gasteiger partial charge in [0.25, 0.3) is 5.91 Å². The molecule has 154 valence electrons. The zero-order valence-electron chi connectivity index (χ0n) is 16.4. The van der Waals surface area contributed by atoms with Gasteiger partial charge in [0.05, 0.1) is 17.0 Å². The van der Waals surface area contributed by atoms with Crippen molar-refractivity contribution in [3.8, 4) is 5.75 Å². The molecule has 0 aliphatic carbocycles. The molecule has 0 spiro atoms. The first kappa shape index (κ1) is 20.4. The van der Waals surface area contributed by atoms with Crippen molar-refractivity contribution < 1.29 is 14.7 Å². The third-order valence-corrected chi connectivity index (χ3v) is 5.39. The van der Waals surface area contributed by atoms with Crippen molar-refractivity contribution in [2.45, 2.75) is 6.42 Å². The highest BCUT2D eigenvalue weighted by atomic mass is 32.2. The standard InChI is InChI=1S/C24H19N3O3S/c28-20-13-11-18(12-14-20)15-21-23(30)27(24(31-21)25-19-9-5-2-6-10-19)26-22(29)16-17-7-3-1-4-8-17/h1-15,28H,16H2,(H,26,29)/b21-15-,25-24?. The molecule has 0 aromatic heterocycles. The lowest BCUT2D eigenvalue weighted by Gasteiger charge is -2.16. The van der Waals surface area contributed by atoms with Crippen molar-refractivity contribution in [3.63, 3.8) is 0 Å². The summed E-state index contributed by atoms with van der Waals surface area (Å²) in [6, 6.07) is 25.1. The Bertz CT molecular complexity index is 1140. The molecule has 6 nitrogen and oxygen atoms in total. The van der Waals surface area contributed by atoms with Crippen LogP contribution in [0.25, 0.3) is 6.08 Å². The Morgan fingerprint density at radius 3 is 2.29 bits per heavy atom. The average Bonchev–Trinajstić information content (AvgIpc) is 3.05. The van der Waals surface area contributed by atoms with Crippen LogP contribution < -0.4 is 5.43 Å². The number of nitrogens with one attached hydrogen (secondary N) is 1. The fourth-order valence-corrected chi connectivity index (χ4v) is 3.87. The van der Waals surface area contributed by atoms with Crippen LogP contribution in [0.15, 0.2) is 94.8 Å². The summed E-state index contributed by atoms with van der Waals surface area (Å²) in [5.74, 6) is -0.533. The normalized spacial score (nSPS) is 16.1. The molecule has 1 heterocycles. The molecule has 3 aromatic rings. The minimum atomic E-state index is -0.367. The number of nitrogens with zero attached hydrogens (tertiary/aromatic N) is 2. The maximum absolute atomic E-state index is 13.1. The van der Waals surface area contributed by atoms with Gasteiger partial charge in [0, 0.05) is 0 Å². The van der Waals surface area contributed by atoms with Crippen LogP contribution >= 0.6 is 11.8 Å². The summed E-state index contributed by atoms with van der Waals surface area (Å²) in [5.41, 5.74) is 4.96. The first-order chi connectivity index (χ1) is 15.1. The van der Waals surface area contributed by atoms with Gasteiger partial charge in [-0.3, -0.25) is 15.0 Å². The molecule has 0 saturated carbocycles. The molecular weight excluding hydrogens is 410 g/mol. The van der Waals surface area contributed by atoms with Crippen LogP contribution in [0.3, 0.4) is 0 Å². The highest BCUT2D eigenvalue weighted by molar-refractivity contribution is 8.18. The number of phenols is 1. The van der Waals surface area contributed by atoms with E-state index in [9.17, 15) is 14.7 Å². The molecule has 1 saturated heterocycles. The highest BCUT2D eigenvalue weighted by Crippen LogP contribution is 2.33. The lowest BCUT2D eigenvalue weighted by Crippen LogP contribution is -2.46. The third-order valence-electron chi connectivity index (χ3n) is 4.42. The van der Waals surface area contributed by atoms with E-state index in [2.05, 4.69) is 10.4 Å². The first-order valence-electron chi connectivity index (χ1n) is 9.59. The van der Waals surface area contributed by atoms with Gasteiger partial charge in [-0.1, -0.05) is 60.7 Å². The summed E-state index contributed by atoms with van der Waals surface area (Å²) in [7, 11) is 0. The smallest absolute Gasteiger partial charge is 0.285 e. The van der Waals surface area contributed by atoms with Crippen molar-refractivity contribution >= 4 is 40.5 Å². The Balaban J connectivity index is 1.60. The molecule has 1 fully saturated rings. The van der Waals surface area contributed by atoms with Gasteiger partial charge in [0.2, 0.25) is 5.91 Å². The van der Waals surface area contributed by atoms with Crippen LogP contribution in [0.2, 0.25) is 0 Å². The van der Waals surface area contributed by atoms with Crippen LogP contribution in [0, 0.1) is 0 Å². The lowest BCUT2D eigenvalue weighted by molar-refractivity contribution is -0.132. The molecule has 4 rings (SSSR count). The average molecular weight is 430 g/mol. The number of hydrazine groups is 1. The van der Waals surface area contributed by atoms with Gasteiger partial charge >= 0.3 is 0 Å². The second-order valence-corrected chi connectivity index (χ2v) is 7.78. The van der Waals surface area contributed by atoms with E-state index in [0.29, 0.717) is 15.8 Å². The molecule has 0 unspecified atom stereocenters. The van der Waals surface area contributed by atoms with E-state index in [-0.39, 0.29) is 24.0 Å². The Morgan fingerprint density at radius 1 is 0.968 bits per heavy atom. The SMILES string of the molecule is O=C(Cc1ccccc1)NN1C(=O)/C(=C/c2ccc(O)cc2)SC1=Nc1ccccc1. The molecule has 31 heavy (non-hydrogen) atoms. The summed E-state index contributed by atoms with van der Waals surface area (Å²) >= 11 is 1.18. The summed E-state index contributed by atoms with van der Waals surface area (Å²) in [5, 5.41) is 11.0. The molecule has 1 aliphatic rings. The van der Waals surface area contributed by atoms with Crippen molar-refractivity contribution in [1.82, 2.24) is 10.4 Å². The molecule has 0 radical (unpaired) electrons. The quantitative estimate of drug-likeness (QED) is 0.594. The van der Waals surface area contributed by atoms with Crippen LogP contribution in [0.4, 0.5) is 5.69 Å². The zero-order valence-corrected chi connectivity index (χ0v) is 17.3. The van der Waals surface area contributed by atoms with Crippen LogP contribution in [-0.4, -0.2) is 27.1 Å². The maximum atomic E-state index is 13.1. The van der Waals surface area contributed by atoms with Gasteiger partial charge < -0.3 is 5.11 Å². The van der Waals surface area contributed by atoms with Crippen LogP contribution in [-0.2, 0) is 16.0 Å². The van der Waals surface area contributed by atoms with Crippen LogP contribution in [0.1, 0.15) is 11.1 Å². The molecule has 2 amide bonds. The number of hydrogen-bond acceptors (Lipinski definition) is 5. The minimum absolute atomic E-state index is 0.144. The number of carbonyl (C=O) groups is 2. The number of thioether (sulfide) groups is 1. The molecule has 1 aliphatic heterocycles. The van der Waals surface area contributed by atoms with Crippen LogP contribution in [0.5, 0.6) is 5.75 Å². The predicted octanol–water partition coefficient (Wildman–Crippen LogP) is 4.27. The third kappa shape index (κ3) is 5.21. The first-order valence-corrected chi connectivity index (χ1v) is 10.4. The molecule has 0 atom stereocenters. The minimum Gasteiger partial charge on any atom is -0.508 e. The van der Waals surface area contributed by atoms with E-state index in [0.717, 1.165) is 11.1 Å². The van der Waals surface area contributed by atoms with Gasteiger partial charge in [-0.05, 0) is 53.2 Å². The van der Waals surface area contributed by atoms with Crippen molar-refractivity contribution in [2.24, 2.45) is 4.99 Å². The Hall–Kier alpha value is -3.84. The molecule has 7 heteroatoms. The number of phenolic OH excluding ortho intramolecular Hbond substituents is 1. The monoisotopic (exact) mass is 429 g/mol. The van der Waals surface area contributed by atoms with E-state index in [1.165, 1.54) is 16.8 Å². The number of amidine groups is 1. The van der Waals surface area contributed by atoms with Crippen molar-refractivity contribution in [1.29, 1.82) is 0 Å². The topological polar surface area (TPSA) is 82.0 Å². The Kier molecular flexibility index (Phi) is 6.14. The van der Waals surface area contributed by atoms with E-state index in [1.54, 1.807) is 30.3 Å². The number of para-hydroxylation sites is 1. The summed E-state index contributed by atoms with van der Waals surface area (Å²) < 4.78 is 0. The summed E-state index contributed by atoms with van der Waals surface area (Å²) in [6.45, 7) is 0. The second-order valence-electron chi connectivity index (χ2n) is 6.77. The summed E-state index contributed by atoms with van der Waals surface area (Å²) in [4.78, 5) is 30.6. The largest absolute Gasteiger partial charge is 0.508 e. The number of aliphatic imine (C=N–C) groups is 1. The number of carbonyl (C=O) groups excluding carboxylic acids is 2. The number of amides is 2. The van der Waals surface area contributed by atoms with Gasteiger partial charge in [0.15, 0.2) is 5.17 Å². The van der Waals surface area contributed by atoms with Crippen molar-refractivity contribution in [3.05, 3.63) is 101 Å². The number of benzene rings is 3. The number of aromatic hydroxyl groups is 1. The maximum Gasteiger partial charge on any atom is 0.285 e. The fourth-order valence-electron chi connectivity index (χ4n) is 2.93. The van der Waals surface area contributed by atoms with E-state index >= 15 is 0 Å². The molecule has 2 N–H and O–H groups in total. The fraction of sp³-hybridized carbons (Fsp3) is 0.0417. The van der Waals surface area contributed by atoms with Gasteiger partial charge in [-0.15, -0.1) is 0 Å². The Morgan fingerprint density at radius 2 is 1.61 bits per heavy atom. The highest BCUT2D eigenvalue weighted by Gasteiger charge is 2.35. The molecule has 3 aromatic carbocycles. The van der Waals surface area contributed by atoms with Gasteiger partial charge in [-0.25, -0.2) is 4.99 Å². The second kappa shape index (κ2) is 9.32. The van der Waals surface area contributed by atoms with E-state index < -0.39 is 0 Å². The molecule has 0 bridgehead atoms.